The highest BCUT2D eigenvalue weighted by atomic mass is 19.3. The molecule has 2 rings (SSSR count). The van der Waals surface area contributed by atoms with Crippen molar-refractivity contribution in [1.82, 2.24) is 4.90 Å². The van der Waals surface area contributed by atoms with E-state index < -0.39 is 41.4 Å². The fourth-order valence-electron chi connectivity index (χ4n) is 2.75. The molecule has 2 unspecified atom stereocenters. The Balaban J connectivity index is 2.31. The third-order valence-corrected chi connectivity index (χ3v) is 4.19. The molecule has 2 atom stereocenters. The molecule has 0 radical (unpaired) electrons. The number of nitrogens with zero attached hydrogens (tertiary/aromatic N) is 1. The number of amides is 1. The number of aliphatic hydroxyl groups excluding tert-OH is 1. The Kier molecular flexibility index (Phi) is 6.20. The lowest BCUT2D eigenvalue weighted by Gasteiger charge is -2.32. The van der Waals surface area contributed by atoms with Gasteiger partial charge in [-0.25, -0.2) is 13.2 Å². The Bertz CT molecular complexity index is 722. The lowest BCUT2D eigenvalue weighted by atomic mass is 10.0. The van der Waals surface area contributed by atoms with Crippen LogP contribution in [0.15, 0.2) is 48.5 Å². The third kappa shape index (κ3) is 4.02. The van der Waals surface area contributed by atoms with E-state index in [1.807, 2.05) is 0 Å². The van der Waals surface area contributed by atoms with Crippen molar-refractivity contribution in [2.24, 2.45) is 0 Å². The van der Waals surface area contributed by atoms with Crippen molar-refractivity contribution < 1.29 is 23.1 Å². The largest absolute Gasteiger partial charge is 0.386 e. The van der Waals surface area contributed by atoms with Crippen molar-refractivity contribution in [2.45, 2.75) is 32.4 Å². The summed E-state index contributed by atoms with van der Waals surface area (Å²) in [5.74, 6) is -1.95. The Morgan fingerprint density at radius 2 is 1.76 bits per heavy atom. The summed E-state index contributed by atoms with van der Waals surface area (Å²) in [5, 5.41) is 10.5. The number of carbonyl (C=O) groups excluding carboxylic acids is 1. The number of halogens is 3. The maximum atomic E-state index is 14.3. The Morgan fingerprint density at radius 3 is 2.32 bits per heavy atom. The van der Waals surface area contributed by atoms with Crippen LogP contribution in [0.4, 0.5) is 13.2 Å². The molecule has 2 aromatic rings. The summed E-state index contributed by atoms with van der Waals surface area (Å²) >= 11 is 0. The van der Waals surface area contributed by atoms with Crippen LogP contribution in [0.5, 0.6) is 0 Å². The molecule has 25 heavy (non-hydrogen) atoms. The molecule has 0 saturated heterocycles. The van der Waals surface area contributed by atoms with E-state index in [1.165, 1.54) is 17.0 Å². The van der Waals surface area contributed by atoms with E-state index in [-0.39, 0.29) is 6.54 Å². The monoisotopic (exact) mass is 351 g/mol. The number of likely N-dealkylation sites (N-methyl/N-ethyl adjacent to an activating group) is 1. The molecule has 0 heterocycles. The molecule has 0 aliphatic carbocycles. The van der Waals surface area contributed by atoms with E-state index in [4.69, 9.17) is 0 Å². The maximum Gasteiger partial charge on any atom is 0.266 e. The Hall–Kier alpha value is -2.34. The second-order valence-corrected chi connectivity index (χ2v) is 5.70. The normalized spacial score (nSPS) is 13.6. The van der Waals surface area contributed by atoms with Crippen molar-refractivity contribution in [1.29, 1.82) is 0 Å². The molecule has 1 N–H and O–H groups in total. The molecule has 2 aromatic carbocycles. The standard InChI is InChI=1S/C19H20F3NO2/c1-3-23(12(2)17(24)13-8-5-4-6-9-13)19(25)15-11-7-10-14(16(15)20)18(21)22/h4-12,17-18,24H,3H2,1-2H3. The van der Waals surface area contributed by atoms with Gasteiger partial charge in [0.1, 0.15) is 5.82 Å². The van der Waals surface area contributed by atoms with E-state index in [1.54, 1.807) is 44.2 Å². The zero-order valence-corrected chi connectivity index (χ0v) is 14.0. The summed E-state index contributed by atoms with van der Waals surface area (Å²) < 4.78 is 40.0. The fraction of sp³-hybridized carbons (Fsp3) is 0.316. The van der Waals surface area contributed by atoms with Gasteiger partial charge >= 0.3 is 0 Å². The van der Waals surface area contributed by atoms with Crippen LogP contribution < -0.4 is 0 Å². The molecule has 0 aliphatic rings. The van der Waals surface area contributed by atoms with Crippen molar-refractivity contribution in [3.05, 3.63) is 71.0 Å². The lowest BCUT2D eigenvalue weighted by Crippen LogP contribution is -2.42. The van der Waals surface area contributed by atoms with Crippen molar-refractivity contribution in [2.75, 3.05) is 6.54 Å². The van der Waals surface area contributed by atoms with E-state index in [9.17, 15) is 23.1 Å². The summed E-state index contributed by atoms with van der Waals surface area (Å²) in [5.41, 5.74) is -0.618. The van der Waals surface area contributed by atoms with Gasteiger partial charge < -0.3 is 10.0 Å². The maximum absolute atomic E-state index is 14.3. The summed E-state index contributed by atoms with van der Waals surface area (Å²) in [4.78, 5) is 13.9. The summed E-state index contributed by atoms with van der Waals surface area (Å²) in [6, 6.07) is 11.5. The van der Waals surface area contributed by atoms with Crippen LogP contribution in [-0.4, -0.2) is 28.5 Å². The summed E-state index contributed by atoms with van der Waals surface area (Å²) in [6.07, 6.45) is -3.98. The zero-order valence-electron chi connectivity index (χ0n) is 14.0. The molecule has 0 bridgehead atoms. The van der Waals surface area contributed by atoms with Gasteiger partial charge in [-0.05, 0) is 25.5 Å². The lowest BCUT2D eigenvalue weighted by molar-refractivity contribution is 0.0415. The van der Waals surface area contributed by atoms with Gasteiger partial charge in [0.15, 0.2) is 0 Å². The first kappa shape index (κ1) is 19.0. The minimum absolute atomic E-state index is 0.197. The summed E-state index contributed by atoms with van der Waals surface area (Å²) in [6.45, 7) is 3.51. The second-order valence-electron chi connectivity index (χ2n) is 5.70. The van der Waals surface area contributed by atoms with Gasteiger partial charge in [0.25, 0.3) is 12.3 Å². The number of alkyl halides is 2. The third-order valence-electron chi connectivity index (χ3n) is 4.19. The van der Waals surface area contributed by atoms with E-state index in [0.29, 0.717) is 5.56 Å². The van der Waals surface area contributed by atoms with Crippen molar-refractivity contribution in [3.63, 3.8) is 0 Å². The molecule has 134 valence electrons. The van der Waals surface area contributed by atoms with Crippen molar-refractivity contribution in [3.8, 4) is 0 Å². The van der Waals surface area contributed by atoms with E-state index in [2.05, 4.69) is 0 Å². The minimum atomic E-state index is -3.00. The molecular weight excluding hydrogens is 331 g/mol. The van der Waals surface area contributed by atoms with Crippen LogP contribution in [0.3, 0.4) is 0 Å². The van der Waals surface area contributed by atoms with Crippen LogP contribution in [0.1, 0.15) is 47.9 Å². The molecule has 0 aromatic heterocycles. The molecule has 3 nitrogen and oxygen atoms in total. The number of aliphatic hydroxyl groups is 1. The van der Waals surface area contributed by atoms with Crippen LogP contribution >= 0.6 is 0 Å². The van der Waals surface area contributed by atoms with Crippen LogP contribution in [0, 0.1) is 5.82 Å². The van der Waals surface area contributed by atoms with E-state index in [0.717, 1.165) is 6.07 Å². The Labute approximate surface area is 144 Å². The van der Waals surface area contributed by atoms with Gasteiger partial charge in [-0.1, -0.05) is 42.5 Å². The van der Waals surface area contributed by atoms with Gasteiger partial charge in [0.05, 0.1) is 23.3 Å². The first-order valence-corrected chi connectivity index (χ1v) is 7.99. The van der Waals surface area contributed by atoms with Gasteiger partial charge in [0.2, 0.25) is 0 Å². The highest BCUT2D eigenvalue weighted by Gasteiger charge is 2.29. The number of hydrogen-bond donors (Lipinski definition) is 1. The second kappa shape index (κ2) is 8.16. The molecule has 1 amide bonds. The topological polar surface area (TPSA) is 40.5 Å². The van der Waals surface area contributed by atoms with Crippen LogP contribution in [-0.2, 0) is 0 Å². The van der Waals surface area contributed by atoms with E-state index >= 15 is 0 Å². The zero-order chi connectivity index (χ0) is 18.6. The first-order valence-electron chi connectivity index (χ1n) is 7.99. The highest BCUT2D eigenvalue weighted by molar-refractivity contribution is 5.95. The average Bonchev–Trinajstić information content (AvgIpc) is 2.62. The van der Waals surface area contributed by atoms with Gasteiger partial charge in [0, 0.05) is 6.54 Å². The minimum Gasteiger partial charge on any atom is -0.386 e. The van der Waals surface area contributed by atoms with Crippen LogP contribution in [0.2, 0.25) is 0 Å². The Morgan fingerprint density at radius 1 is 1.12 bits per heavy atom. The summed E-state index contributed by atoms with van der Waals surface area (Å²) in [7, 11) is 0. The van der Waals surface area contributed by atoms with Gasteiger partial charge in [-0.2, -0.15) is 0 Å². The quantitative estimate of drug-likeness (QED) is 0.841. The average molecular weight is 351 g/mol. The predicted octanol–water partition coefficient (Wildman–Crippen LogP) is 4.35. The van der Waals surface area contributed by atoms with Gasteiger partial charge in [-0.3, -0.25) is 4.79 Å². The predicted molar refractivity (Wildman–Crippen MR) is 88.9 cm³/mol. The number of benzene rings is 2. The number of rotatable bonds is 6. The molecule has 0 spiro atoms. The fourth-order valence-corrected chi connectivity index (χ4v) is 2.75. The van der Waals surface area contributed by atoms with Crippen molar-refractivity contribution >= 4 is 5.91 Å². The smallest absolute Gasteiger partial charge is 0.266 e. The number of hydrogen-bond acceptors (Lipinski definition) is 2. The molecular formula is C19H20F3NO2. The molecule has 0 fully saturated rings. The first-order chi connectivity index (χ1) is 11.9. The molecule has 6 heteroatoms. The molecule has 0 saturated carbocycles. The highest BCUT2D eigenvalue weighted by Crippen LogP contribution is 2.27. The van der Waals surface area contributed by atoms with Gasteiger partial charge in [-0.15, -0.1) is 0 Å². The SMILES string of the molecule is CCN(C(=O)c1cccc(C(F)F)c1F)C(C)C(O)c1ccccc1. The number of carbonyl (C=O) groups is 1. The van der Waals surface area contributed by atoms with Crippen LogP contribution in [0.25, 0.3) is 0 Å². The molecule has 0 aliphatic heterocycles.